The van der Waals surface area contributed by atoms with Crippen LogP contribution in [0.3, 0.4) is 0 Å². The third kappa shape index (κ3) is 4.46. The highest BCUT2D eigenvalue weighted by Crippen LogP contribution is 2.24. The number of aromatic nitrogens is 2. The van der Waals surface area contributed by atoms with Crippen molar-refractivity contribution in [2.45, 2.75) is 38.3 Å². The highest BCUT2D eigenvalue weighted by atomic mass is 16.5. The Morgan fingerprint density at radius 1 is 1.16 bits per heavy atom. The number of methoxy groups -OCH3 is 1. The number of amides is 1. The first kappa shape index (κ1) is 21.1. The van der Waals surface area contributed by atoms with Crippen LogP contribution in [0.2, 0.25) is 0 Å². The number of para-hydroxylation sites is 1. The Morgan fingerprint density at radius 3 is 2.65 bits per heavy atom. The van der Waals surface area contributed by atoms with Gasteiger partial charge in [0.15, 0.2) is 5.69 Å². The average Bonchev–Trinajstić information content (AvgIpc) is 2.81. The molecule has 1 aliphatic rings. The third-order valence-electron chi connectivity index (χ3n) is 6.03. The van der Waals surface area contributed by atoms with Gasteiger partial charge in [0.1, 0.15) is 5.75 Å². The van der Waals surface area contributed by atoms with Gasteiger partial charge < -0.3 is 15.2 Å². The van der Waals surface area contributed by atoms with Gasteiger partial charge in [0.25, 0.3) is 5.91 Å². The lowest BCUT2D eigenvalue weighted by Gasteiger charge is -2.30. The van der Waals surface area contributed by atoms with Crippen LogP contribution in [0.1, 0.15) is 41.7 Å². The molecule has 3 aromatic rings. The molecule has 7 nitrogen and oxygen atoms in total. The summed E-state index contributed by atoms with van der Waals surface area (Å²) in [6, 6.07) is 14.6. The Kier molecular flexibility index (Phi) is 6.32. The number of ether oxygens (including phenoxy) is 1. The fourth-order valence-corrected chi connectivity index (χ4v) is 4.26. The zero-order valence-electron chi connectivity index (χ0n) is 17.6. The molecule has 4 rings (SSSR count). The molecule has 0 aliphatic heterocycles. The second kappa shape index (κ2) is 9.31. The summed E-state index contributed by atoms with van der Waals surface area (Å²) in [7, 11) is 1.62. The lowest BCUT2D eigenvalue weighted by atomic mass is 9.85. The van der Waals surface area contributed by atoms with Crippen molar-refractivity contribution in [2.75, 3.05) is 13.7 Å². The number of nitrogens with zero attached hydrogens (tertiary/aromatic N) is 2. The van der Waals surface area contributed by atoms with E-state index in [0.717, 1.165) is 37.0 Å². The number of benzene rings is 2. The predicted octanol–water partition coefficient (Wildman–Crippen LogP) is 2.73. The van der Waals surface area contributed by atoms with Crippen LogP contribution < -0.4 is 15.5 Å². The van der Waals surface area contributed by atoms with Gasteiger partial charge in [-0.3, -0.25) is 14.3 Å². The summed E-state index contributed by atoms with van der Waals surface area (Å²) in [4.78, 5) is 26.1. The van der Waals surface area contributed by atoms with E-state index in [0.29, 0.717) is 17.4 Å². The van der Waals surface area contributed by atoms with Crippen molar-refractivity contribution in [1.82, 2.24) is 15.1 Å². The van der Waals surface area contributed by atoms with E-state index in [1.165, 1.54) is 0 Å². The normalized spacial score (nSPS) is 18.6. The number of carbonyl (C=O) groups excluding carboxylic acids is 1. The predicted molar refractivity (Wildman–Crippen MR) is 118 cm³/mol. The molecular formula is C24H27N3O4. The molecular weight excluding hydrogens is 394 g/mol. The zero-order valence-corrected chi connectivity index (χ0v) is 17.6. The maximum absolute atomic E-state index is 13.0. The summed E-state index contributed by atoms with van der Waals surface area (Å²) >= 11 is 0. The van der Waals surface area contributed by atoms with Crippen molar-refractivity contribution < 1.29 is 14.6 Å². The maximum Gasteiger partial charge on any atom is 0.276 e. The van der Waals surface area contributed by atoms with Crippen LogP contribution in [0.5, 0.6) is 5.75 Å². The molecule has 1 heterocycles. The molecule has 1 saturated carbocycles. The Morgan fingerprint density at radius 2 is 1.90 bits per heavy atom. The number of aliphatic hydroxyl groups excluding tert-OH is 1. The van der Waals surface area contributed by atoms with Crippen LogP contribution in [0.15, 0.2) is 53.3 Å². The molecule has 1 aromatic heterocycles. The topological polar surface area (TPSA) is 93.5 Å². The van der Waals surface area contributed by atoms with E-state index in [9.17, 15) is 14.7 Å². The van der Waals surface area contributed by atoms with Gasteiger partial charge in [0.05, 0.1) is 19.2 Å². The van der Waals surface area contributed by atoms with Gasteiger partial charge in [-0.15, -0.1) is 0 Å². The van der Waals surface area contributed by atoms with Gasteiger partial charge in [-0.25, -0.2) is 0 Å². The van der Waals surface area contributed by atoms with E-state index in [2.05, 4.69) is 10.4 Å². The number of aliphatic hydroxyl groups is 1. The summed E-state index contributed by atoms with van der Waals surface area (Å²) in [6.07, 6.45) is 3.70. The third-order valence-corrected chi connectivity index (χ3v) is 6.03. The van der Waals surface area contributed by atoms with Crippen molar-refractivity contribution in [1.29, 1.82) is 0 Å². The first-order chi connectivity index (χ1) is 15.1. The minimum atomic E-state index is -0.482. The number of rotatable bonds is 6. The maximum atomic E-state index is 13.0. The summed E-state index contributed by atoms with van der Waals surface area (Å²) in [5, 5.41) is 17.5. The van der Waals surface area contributed by atoms with Gasteiger partial charge >= 0.3 is 0 Å². The Balaban J connectivity index is 1.69. The molecule has 2 aromatic carbocycles. The minimum Gasteiger partial charge on any atom is -0.497 e. The second-order valence-corrected chi connectivity index (χ2v) is 8.01. The molecule has 2 atom stereocenters. The highest BCUT2D eigenvalue weighted by Gasteiger charge is 2.28. The molecule has 1 amide bonds. The fraction of sp³-hybridized carbons (Fsp3) is 0.375. The molecule has 1 fully saturated rings. The van der Waals surface area contributed by atoms with E-state index in [1.807, 2.05) is 36.4 Å². The first-order valence-electron chi connectivity index (χ1n) is 10.6. The molecule has 1 aliphatic carbocycles. The molecule has 0 radical (unpaired) electrons. The Bertz CT molecular complexity index is 1120. The van der Waals surface area contributed by atoms with E-state index in [4.69, 9.17) is 4.74 Å². The van der Waals surface area contributed by atoms with Gasteiger partial charge in [0.2, 0.25) is 5.43 Å². The van der Waals surface area contributed by atoms with Crippen molar-refractivity contribution in [3.63, 3.8) is 0 Å². The number of carbonyl (C=O) groups is 1. The van der Waals surface area contributed by atoms with Gasteiger partial charge in [-0.2, -0.15) is 5.10 Å². The smallest absolute Gasteiger partial charge is 0.276 e. The zero-order chi connectivity index (χ0) is 21.8. The van der Waals surface area contributed by atoms with Gasteiger partial charge in [-0.1, -0.05) is 37.1 Å². The molecule has 0 unspecified atom stereocenters. The van der Waals surface area contributed by atoms with Crippen molar-refractivity contribution >= 4 is 16.8 Å². The average molecular weight is 421 g/mol. The van der Waals surface area contributed by atoms with Crippen molar-refractivity contribution in [2.24, 2.45) is 5.92 Å². The second-order valence-electron chi connectivity index (χ2n) is 8.01. The molecule has 7 heteroatoms. The lowest BCUT2D eigenvalue weighted by molar-refractivity contribution is 0.0864. The van der Waals surface area contributed by atoms with Crippen LogP contribution >= 0.6 is 0 Å². The Hall–Kier alpha value is -3.19. The van der Waals surface area contributed by atoms with Gasteiger partial charge in [0, 0.05) is 24.0 Å². The number of hydrogen-bond acceptors (Lipinski definition) is 5. The molecule has 0 saturated heterocycles. The van der Waals surface area contributed by atoms with Crippen LogP contribution in [0, 0.1) is 5.92 Å². The summed E-state index contributed by atoms with van der Waals surface area (Å²) < 4.78 is 6.90. The Labute approximate surface area is 180 Å². The lowest BCUT2D eigenvalue weighted by Crippen LogP contribution is -2.45. The summed E-state index contributed by atoms with van der Waals surface area (Å²) in [6.45, 7) is 0.436. The van der Waals surface area contributed by atoms with Crippen LogP contribution in [-0.4, -0.2) is 40.6 Å². The van der Waals surface area contributed by atoms with Crippen molar-refractivity contribution in [3.05, 3.63) is 70.0 Å². The number of nitrogens with one attached hydrogen (secondary N) is 1. The van der Waals surface area contributed by atoms with E-state index < -0.39 is 5.91 Å². The molecule has 0 spiro atoms. The van der Waals surface area contributed by atoms with Gasteiger partial charge in [-0.05, 0) is 42.7 Å². The number of hydrogen-bond donors (Lipinski definition) is 2. The monoisotopic (exact) mass is 421 g/mol. The molecule has 2 N–H and O–H groups in total. The fourth-order valence-electron chi connectivity index (χ4n) is 4.26. The minimum absolute atomic E-state index is 0.0136. The van der Waals surface area contributed by atoms with E-state index in [1.54, 1.807) is 23.9 Å². The first-order valence-corrected chi connectivity index (χ1v) is 10.6. The SMILES string of the molecule is COc1ccc(Cn2nc(C(=O)N[C@H]3CCCC[C@@H]3CO)c(=O)c3ccccc32)cc1. The molecule has 31 heavy (non-hydrogen) atoms. The van der Waals surface area contributed by atoms with Crippen molar-refractivity contribution in [3.8, 4) is 5.75 Å². The highest BCUT2D eigenvalue weighted by molar-refractivity contribution is 5.95. The van der Waals surface area contributed by atoms with E-state index in [-0.39, 0.29) is 29.7 Å². The standard InChI is InChI=1S/C24H27N3O4/c1-31-18-12-10-16(11-13-18)14-27-21-9-5-3-7-19(21)23(29)22(26-27)24(30)25-20-8-4-2-6-17(20)15-28/h3,5,7,9-13,17,20,28H,2,4,6,8,14-15H2,1H3,(H,25,30)/t17-,20+/m1/s1. The van der Waals surface area contributed by atoms with Crippen LogP contribution in [0.4, 0.5) is 0 Å². The summed E-state index contributed by atoms with van der Waals surface area (Å²) in [5.74, 6) is 0.289. The quantitative estimate of drug-likeness (QED) is 0.638. The van der Waals surface area contributed by atoms with Crippen LogP contribution in [0.25, 0.3) is 10.9 Å². The molecule has 0 bridgehead atoms. The largest absolute Gasteiger partial charge is 0.497 e. The van der Waals surface area contributed by atoms with E-state index >= 15 is 0 Å². The number of fused-ring (bicyclic) bond motifs is 1. The molecule has 162 valence electrons. The van der Waals surface area contributed by atoms with Crippen LogP contribution in [-0.2, 0) is 6.54 Å². The summed E-state index contributed by atoms with van der Waals surface area (Å²) in [5.41, 5.74) is 1.15.